The summed E-state index contributed by atoms with van der Waals surface area (Å²) in [5.41, 5.74) is 1.73. The molecular weight excluding hydrogens is 358 g/mol. The fourth-order valence-electron chi connectivity index (χ4n) is 3.30. The Morgan fingerprint density at radius 2 is 1.93 bits per heavy atom. The van der Waals surface area contributed by atoms with E-state index in [1.807, 2.05) is 29.2 Å². The summed E-state index contributed by atoms with van der Waals surface area (Å²) in [5, 5.41) is 2.98. The molecule has 28 heavy (non-hydrogen) atoms. The molecule has 7 heteroatoms. The summed E-state index contributed by atoms with van der Waals surface area (Å²) in [6, 6.07) is 9.54. The molecular formula is C21H27N3O4. The number of rotatable bonds is 7. The van der Waals surface area contributed by atoms with Gasteiger partial charge in [0.2, 0.25) is 5.91 Å². The monoisotopic (exact) mass is 385 g/mol. The van der Waals surface area contributed by atoms with Crippen LogP contribution in [0.25, 0.3) is 0 Å². The number of carbonyl (C=O) groups excluding carboxylic acids is 2. The van der Waals surface area contributed by atoms with Crippen LogP contribution in [-0.4, -0.2) is 68.0 Å². The van der Waals surface area contributed by atoms with E-state index in [1.165, 1.54) is 12.5 Å². The van der Waals surface area contributed by atoms with Crippen molar-refractivity contribution in [3.63, 3.8) is 0 Å². The van der Waals surface area contributed by atoms with Crippen LogP contribution in [0.15, 0.2) is 47.3 Å². The van der Waals surface area contributed by atoms with E-state index < -0.39 is 0 Å². The first-order chi connectivity index (χ1) is 13.7. The molecule has 1 saturated heterocycles. The maximum Gasteiger partial charge on any atom is 0.257 e. The molecule has 7 nitrogen and oxygen atoms in total. The summed E-state index contributed by atoms with van der Waals surface area (Å²) < 4.78 is 10.1. The van der Waals surface area contributed by atoms with E-state index in [2.05, 4.69) is 10.2 Å². The van der Waals surface area contributed by atoms with Gasteiger partial charge < -0.3 is 19.4 Å². The van der Waals surface area contributed by atoms with Crippen LogP contribution in [0.3, 0.4) is 0 Å². The first kappa shape index (κ1) is 19.9. The van der Waals surface area contributed by atoms with E-state index in [4.69, 9.17) is 9.15 Å². The number of nitrogens with zero attached hydrogens (tertiary/aromatic N) is 2. The van der Waals surface area contributed by atoms with Crippen LogP contribution in [0.1, 0.15) is 22.3 Å². The van der Waals surface area contributed by atoms with Gasteiger partial charge in [0.05, 0.1) is 25.5 Å². The van der Waals surface area contributed by atoms with E-state index in [1.54, 1.807) is 13.2 Å². The fraction of sp³-hybridized carbons (Fsp3) is 0.429. The fourth-order valence-corrected chi connectivity index (χ4v) is 3.30. The van der Waals surface area contributed by atoms with Crippen LogP contribution in [0.5, 0.6) is 5.75 Å². The van der Waals surface area contributed by atoms with Crippen molar-refractivity contribution in [1.29, 1.82) is 0 Å². The van der Waals surface area contributed by atoms with Crippen molar-refractivity contribution in [1.82, 2.24) is 15.1 Å². The van der Waals surface area contributed by atoms with Crippen molar-refractivity contribution in [2.24, 2.45) is 0 Å². The quantitative estimate of drug-likeness (QED) is 0.787. The Hall–Kier alpha value is -2.80. The summed E-state index contributed by atoms with van der Waals surface area (Å²) in [5.74, 6) is 0.830. The van der Waals surface area contributed by atoms with E-state index >= 15 is 0 Å². The van der Waals surface area contributed by atoms with E-state index in [0.29, 0.717) is 38.3 Å². The Balaban J connectivity index is 1.38. The maximum atomic E-state index is 12.4. The molecule has 1 fully saturated rings. The molecule has 0 saturated carbocycles. The highest BCUT2D eigenvalue weighted by atomic mass is 16.5. The predicted molar refractivity (Wildman–Crippen MR) is 105 cm³/mol. The highest BCUT2D eigenvalue weighted by Crippen LogP contribution is 2.12. The molecule has 150 valence electrons. The molecule has 1 aliphatic rings. The second-order valence-corrected chi connectivity index (χ2v) is 6.88. The molecule has 3 rings (SSSR count). The lowest BCUT2D eigenvalue weighted by Crippen LogP contribution is -2.40. The van der Waals surface area contributed by atoms with Gasteiger partial charge in [-0.05, 0) is 36.6 Å². The number of carbonyl (C=O) groups is 2. The lowest BCUT2D eigenvalue weighted by Gasteiger charge is -2.21. The van der Waals surface area contributed by atoms with E-state index in [9.17, 15) is 9.59 Å². The third-order valence-electron chi connectivity index (χ3n) is 4.91. The average Bonchev–Trinajstić information content (AvgIpc) is 3.15. The zero-order chi connectivity index (χ0) is 19.8. The number of hydrogen-bond acceptors (Lipinski definition) is 5. The molecule has 0 aliphatic carbocycles. The van der Waals surface area contributed by atoms with Gasteiger partial charge in [0.15, 0.2) is 0 Å². The third-order valence-corrected chi connectivity index (χ3v) is 4.91. The number of ether oxygens (including phenoxy) is 1. The molecule has 0 bridgehead atoms. The molecule has 2 amide bonds. The van der Waals surface area contributed by atoms with E-state index in [0.717, 1.165) is 30.7 Å². The number of hydrogen-bond donors (Lipinski definition) is 1. The normalized spacial score (nSPS) is 15.1. The number of furan rings is 1. The van der Waals surface area contributed by atoms with Crippen LogP contribution >= 0.6 is 0 Å². The molecule has 1 aromatic heterocycles. The molecule has 2 aromatic rings. The zero-order valence-electron chi connectivity index (χ0n) is 16.2. The molecule has 0 radical (unpaired) electrons. The minimum Gasteiger partial charge on any atom is -0.497 e. The number of nitrogens with one attached hydrogen (secondary N) is 1. The number of benzene rings is 1. The Morgan fingerprint density at radius 1 is 1.11 bits per heavy atom. The van der Waals surface area contributed by atoms with Crippen LogP contribution < -0.4 is 10.1 Å². The Labute approximate surface area is 165 Å². The second-order valence-electron chi connectivity index (χ2n) is 6.88. The minimum atomic E-state index is -0.0143. The number of amides is 2. The summed E-state index contributed by atoms with van der Waals surface area (Å²) in [6.07, 6.45) is 4.61. The van der Waals surface area contributed by atoms with Gasteiger partial charge >= 0.3 is 0 Å². The largest absolute Gasteiger partial charge is 0.497 e. The molecule has 0 unspecified atom stereocenters. The second kappa shape index (κ2) is 9.94. The third kappa shape index (κ3) is 5.60. The lowest BCUT2D eigenvalue weighted by atomic mass is 10.1. The van der Waals surface area contributed by atoms with Crippen molar-refractivity contribution in [3.05, 3.63) is 54.0 Å². The van der Waals surface area contributed by atoms with Crippen molar-refractivity contribution in [3.8, 4) is 5.75 Å². The highest BCUT2D eigenvalue weighted by molar-refractivity contribution is 5.93. The van der Waals surface area contributed by atoms with Crippen molar-refractivity contribution in [2.75, 3.05) is 46.4 Å². The first-order valence-electron chi connectivity index (χ1n) is 9.59. The van der Waals surface area contributed by atoms with Crippen LogP contribution in [0.2, 0.25) is 0 Å². The van der Waals surface area contributed by atoms with Crippen molar-refractivity contribution >= 4 is 11.8 Å². The molecule has 2 heterocycles. The Bertz CT molecular complexity index is 758. The average molecular weight is 385 g/mol. The summed E-state index contributed by atoms with van der Waals surface area (Å²) in [6.45, 7) is 3.76. The minimum absolute atomic E-state index is 0.0143. The van der Waals surface area contributed by atoms with Gasteiger partial charge in [-0.3, -0.25) is 14.5 Å². The molecule has 1 aromatic carbocycles. The molecule has 1 N–H and O–H groups in total. The summed E-state index contributed by atoms with van der Waals surface area (Å²) in [7, 11) is 1.64. The highest BCUT2D eigenvalue weighted by Gasteiger charge is 2.21. The van der Waals surface area contributed by atoms with Crippen LogP contribution in [-0.2, 0) is 11.2 Å². The Morgan fingerprint density at radius 3 is 2.64 bits per heavy atom. The van der Waals surface area contributed by atoms with Crippen molar-refractivity contribution in [2.45, 2.75) is 12.8 Å². The van der Waals surface area contributed by atoms with Gasteiger partial charge in [0.25, 0.3) is 5.91 Å². The summed E-state index contributed by atoms with van der Waals surface area (Å²) in [4.78, 5) is 28.6. The molecule has 1 aliphatic heterocycles. The standard InChI is InChI=1S/C21H27N3O4/c1-27-19-5-3-17(4-6-19)7-9-22-20(25)15-23-10-2-11-24(13-12-23)21(26)18-8-14-28-16-18/h3-6,8,14,16H,2,7,9-13,15H2,1H3,(H,22,25). The molecule has 0 spiro atoms. The van der Waals surface area contributed by atoms with Gasteiger partial charge in [-0.1, -0.05) is 12.1 Å². The maximum absolute atomic E-state index is 12.4. The smallest absolute Gasteiger partial charge is 0.257 e. The Kier molecular flexibility index (Phi) is 7.08. The first-order valence-corrected chi connectivity index (χ1v) is 9.59. The van der Waals surface area contributed by atoms with Crippen LogP contribution in [0.4, 0.5) is 0 Å². The van der Waals surface area contributed by atoms with Gasteiger partial charge in [-0.2, -0.15) is 0 Å². The van der Waals surface area contributed by atoms with Gasteiger partial charge in [0, 0.05) is 32.7 Å². The number of methoxy groups -OCH3 is 1. The van der Waals surface area contributed by atoms with Crippen LogP contribution in [0, 0.1) is 0 Å². The van der Waals surface area contributed by atoms with Gasteiger partial charge in [-0.15, -0.1) is 0 Å². The lowest BCUT2D eigenvalue weighted by molar-refractivity contribution is -0.122. The topological polar surface area (TPSA) is 75.0 Å². The molecule has 0 atom stereocenters. The van der Waals surface area contributed by atoms with Gasteiger partial charge in [0.1, 0.15) is 12.0 Å². The zero-order valence-corrected chi connectivity index (χ0v) is 16.2. The van der Waals surface area contributed by atoms with Gasteiger partial charge in [-0.25, -0.2) is 0 Å². The van der Waals surface area contributed by atoms with Crippen molar-refractivity contribution < 1.29 is 18.7 Å². The summed E-state index contributed by atoms with van der Waals surface area (Å²) >= 11 is 0. The van der Waals surface area contributed by atoms with E-state index in [-0.39, 0.29) is 11.8 Å². The predicted octanol–water partition coefficient (Wildman–Crippen LogP) is 1.79. The SMILES string of the molecule is COc1ccc(CCNC(=O)CN2CCCN(C(=O)c3ccoc3)CC2)cc1.